The molecule has 1 N–H and O–H groups in total. The van der Waals surface area contributed by atoms with Gasteiger partial charge in [0.1, 0.15) is 0 Å². The summed E-state index contributed by atoms with van der Waals surface area (Å²) in [6.07, 6.45) is 0. The summed E-state index contributed by atoms with van der Waals surface area (Å²) >= 11 is 11.9. The lowest BCUT2D eigenvalue weighted by molar-refractivity contribution is 0.102. The summed E-state index contributed by atoms with van der Waals surface area (Å²) in [6, 6.07) is 12.5. The first-order valence-electron chi connectivity index (χ1n) is 6.82. The number of benzene rings is 2. The standard InChI is InChI=1S/C16H13Cl2N3O/c1-2-21-14-6-4-3-5-13(14)19-16(21)20-15(22)11-8-7-10(17)9-12(11)18/h3-9H,2H2,1H3,(H,19,20,22). The molecular weight excluding hydrogens is 321 g/mol. The van der Waals surface area contributed by atoms with Gasteiger partial charge in [0.25, 0.3) is 5.91 Å². The van der Waals surface area contributed by atoms with E-state index in [4.69, 9.17) is 23.2 Å². The largest absolute Gasteiger partial charge is 0.310 e. The lowest BCUT2D eigenvalue weighted by Crippen LogP contribution is -2.16. The van der Waals surface area contributed by atoms with Gasteiger partial charge < -0.3 is 4.57 Å². The minimum Gasteiger partial charge on any atom is -0.310 e. The van der Waals surface area contributed by atoms with Gasteiger partial charge in [0.2, 0.25) is 5.95 Å². The highest BCUT2D eigenvalue weighted by Crippen LogP contribution is 2.23. The monoisotopic (exact) mass is 333 g/mol. The highest BCUT2D eigenvalue weighted by Gasteiger charge is 2.15. The number of carbonyl (C=O) groups excluding carboxylic acids is 1. The molecule has 3 rings (SSSR count). The van der Waals surface area contributed by atoms with Gasteiger partial charge in [-0.15, -0.1) is 0 Å². The molecule has 112 valence electrons. The van der Waals surface area contributed by atoms with Gasteiger partial charge in [-0.1, -0.05) is 35.3 Å². The average Bonchev–Trinajstić information content (AvgIpc) is 2.83. The second-order valence-corrected chi connectivity index (χ2v) is 5.59. The van der Waals surface area contributed by atoms with Gasteiger partial charge >= 0.3 is 0 Å². The predicted molar refractivity (Wildman–Crippen MR) is 89.8 cm³/mol. The van der Waals surface area contributed by atoms with Gasteiger partial charge in [-0.2, -0.15) is 0 Å². The second kappa shape index (κ2) is 5.99. The van der Waals surface area contributed by atoms with E-state index in [1.807, 2.05) is 35.8 Å². The van der Waals surface area contributed by atoms with Crippen LogP contribution in [0.5, 0.6) is 0 Å². The molecule has 22 heavy (non-hydrogen) atoms. The molecule has 0 radical (unpaired) electrons. The summed E-state index contributed by atoms with van der Waals surface area (Å²) in [4.78, 5) is 16.9. The molecule has 0 saturated heterocycles. The van der Waals surface area contributed by atoms with E-state index in [0.717, 1.165) is 11.0 Å². The fraction of sp³-hybridized carbons (Fsp3) is 0.125. The molecule has 0 saturated carbocycles. The summed E-state index contributed by atoms with van der Waals surface area (Å²) in [7, 11) is 0. The molecule has 0 atom stereocenters. The summed E-state index contributed by atoms with van der Waals surface area (Å²) in [5.74, 6) is 0.186. The number of rotatable bonds is 3. The number of hydrogen-bond acceptors (Lipinski definition) is 2. The summed E-state index contributed by atoms with van der Waals surface area (Å²) < 4.78 is 1.94. The van der Waals surface area contributed by atoms with Gasteiger partial charge in [-0.3, -0.25) is 10.1 Å². The number of aryl methyl sites for hydroxylation is 1. The van der Waals surface area contributed by atoms with E-state index in [1.54, 1.807) is 18.2 Å². The smallest absolute Gasteiger partial charge is 0.259 e. The van der Waals surface area contributed by atoms with Crippen LogP contribution in [-0.4, -0.2) is 15.5 Å². The number of amides is 1. The van der Waals surface area contributed by atoms with Crippen molar-refractivity contribution < 1.29 is 4.79 Å². The molecule has 4 nitrogen and oxygen atoms in total. The number of carbonyl (C=O) groups is 1. The number of anilines is 1. The van der Waals surface area contributed by atoms with E-state index in [2.05, 4.69) is 10.3 Å². The molecule has 0 fully saturated rings. The Bertz CT molecular complexity index is 858. The number of para-hydroxylation sites is 2. The maximum atomic E-state index is 12.4. The SMILES string of the molecule is CCn1c(NC(=O)c2ccc(Cl)cc2Cl)nc2ccccc21. The van der Waals surface area contributed by atoms with E-state index in [1.165, 1.54) is 0 Å². The third kappa shape index (κ3) is 2.67. The van der Waals surface area contributed by atoms with E-state index in [9.17, 15) is 4.79 Å². The summed E-state index contributed by atoms with van der Waals surface area (Å²) in [5, 5.41) is 3.61. The van der Waals surface area contributed by atoms with E-state index in [-0.39, 0.29) is 5.91 Å². The quantitative estimate of drug-likeness (QED) is 0.760. The van der Waals surface area contributed by atoms with Gasteiger partial charge in [-0.05, 0) is 37.3 Å². The minimum absolute atomic E-state index is 0.309. The molecular formula is C16H13Cl2N3O. The van der Waals surface area contributed by atoms with Crippen molar-refractivity contribution in [2.24, 2.45) is 0 Å². The van der Waals surface area contributed by atoms with E-state index >= 15 is 0 Å². The number of nitrogens with one attached hydrogen (secondary N) is 1. The van der Waals surface area contributed by atoms with Gasteiger partial charge in [0.05, 0.1) is 21.6 Å². The Morgan fingerprint density at radius 3 is 2.73 bits per heavy atom. The first-order valence-corrected chi connectivity index (χ1v) is 7.57. The Labute approximate surface area is 137 Å². The fourth-order valence-corrected chi connectivity index (χ4v) is 2.83. The average molecular weight is 334 g/mol. The zero-order chi connectivity index (χ0) is 15.7. The van der Waals surface area contributed by atoms with Crippen LogP contribution >= 0.6 is 23.2 Å². The Morgan fingerprint density at radius 2 is 2.00 bits per heavy atom. The molecule has 1 amide bonds. The highest BCUT2D eigenvalue weighted by molar-refractivity contribution is 6.37. The maximum Gasteiger partial charge on any atom is 0.259 e. The van der Waals surface area contributed by atoms with Crippen molar-refractivity contribution in [3.05, 3.63) is 58.1 Å². The van der Waals surface area contributed by atoms with Crippen molar-refractivity contribution >= 4 is 46.1 Å². The van der Waals surface area contributed by atoms with Crippen molar-refractivity contribution in [1.82, 2.24) is 9.55 Å². The summed E-state index contributed by atoms with van der Waals surface area (Å²) in [6.45, 7) is 2.70. The Morgan fingerprint density at radius 1 is 1.23 bits per heavy atom. The van der Waals surface area contributed by atoms with Crippen molar-refractivity contribution in [1.29, 1.82) is 0 Å². The number of imidazole rings is 1. The molecule has 0 aliphatic rings. The number of hydrogen-bond donors (Lipinski definition) is 1. The predicted octanol–water partition coefficient (Wildman–Crippen LogP) is 4.62. The zero-order valence-electron chi connectivity index (χ0n) is 11.8. The molecule has 3 aromatic rings. The van der Waals surface area contributed by atoms with Crippen LogP contribution in [0.4, 0.5) is 5.95 Å². The molecule has 0 spiro atoms. The number of aromatic nitrogens is 2. The number of halogens is 2. The third-order valence-corrected chi connectivity index (χ3v) is 3.92. The van der Waals surface area contributed by atoms with Crippen LogP contribution in [0, 0.1) is 0 Å². The Hall–Kier alpha value is -2.04. The molecule has 6 heteroatoms. The van der Waals surface area contributed by atoms with Crippen molar-refractivity contribution in [2.45, 2.75) is 13.5 Å². The van der Waals surface area contributed by atoms with Gasteiger partial charge in [-0.25, -0.2) is 4.98 Å². The Kier molecular flexibility index (Phi) is 4.05. The lowest BCUT2D eigenvalue weighted by Gasteiger charge is -2.08. The molecule has 0 aliphatic heterocycles. The third-order valence-electron chi connectivity index (χ3n) is 3.37. The number of fused-ring (bicyclic) bond motifs is 1. The van der Waals surface area contributed by atoms with Crippen molar-refractivity contribution in [3.8, 4) is 0 Å². The van der Waals surface area contributed by atoms with E-state index in [0.29, 0.717) is 28.1 Å². The second-order valence-electron chi connectivity index (χ2n) is 4.75. The van der Waals surface area contributed by atoms with Crippen molar-refractivity contribution in [3.63, 3.8) is 0 Å². The van der Waals surface area contributed by atoms with Crippen LogP contribution in [0.1, 0.15) is 17.3 Å². The van der Waals surface area contributed by atoms with Crippen LogP contribution in [-0.2, 0) is 6.54 Å². The van der Waals surface area contributed by atoms with Crippen molar-refractivity contribution in [2.75, 3.05) is 5.32 Å². The van der Waals surface area contributed by atoms with Crippen LogP contribution in [0.15, 0.2) is 42.5 Å². The normalized spacial score (nSPS) is 10.9. The lowest BCUT2D eigenvalue weighted by atomic mass is 10.2. The Balaban J connectivity index is 1.97. The first-order chi connectivity index (χ1) is 10.6. The summed E-state index contributed by atoms with van der Waals surface area (Å²) in [5.41, 5.74) is 2.17. The maximum absolute atomic E-state index is 12.4. The van der Waals surface area contributed by atoms with Crippen LogP contribution in [0.25, 0.3) is 11.0 Å². The minimum atomic E-state index is -0.313. The fourth-order valence-electron chi connectivity index (χ4n) is 2.33. The van der Waals surface area contributed by atoms with Crippen LogP contribution in [0.2, 0.25) is 10.0 Å². The topological polar surface area (TPSA) is 46.9 Å². The molecule has 0 aliphatic carbocycles. The van der Waals surface area contributed by atoms with Gasteiger partial charge in [0, 0.05) is 11.6 Å². The molecule has 0 bridgehead atoms. The first kappa shape index (κ1) is 14.9. The number of nitrogens with zero attached hydrogens (tertiary/aromatic N) is 2. The highest BCUT2D eigenvalue weighted by atomic mass is 35.5. The zero-order valence-corrected chi connectivity index (χ0v) is 13.3. The molecule has 1 aromatic heterocycles. The van der Waals surface area contributed by atoms with Gasteiger partial charge in [0.15, 0.2) is 0 Å². The molecule has 1 heterocycles. The molecule has 2 aromatic carbocycles. The van der Waals surface area contributed by atoms with Crippen LogP contribution < -0.4 is 5.32 Å². The molecule has 0 unspecified atom stereocenters. The van der Waals surface area contributed by atoms with Crippen LogP contribution in [0.3, 0.4) is 0 Å². The van der Waals surface area contributed by atoms with E-state index < -0.39 is 0 Å².